The molecule has 0 radical (unpaired) electrons. The first-order valence-electron chi connectivity index (χ1n) is 7.98. The molecule has 0 saturated carbocycles. The zero-order chi connectivity index (χ0) is 18.8. The summed E-state index contributed by atoms with van der Waals surface area (Å²) in [5.74, 6) is 0.644. The fourth-order valence-corrected chi connectivity index (χ4v) is 3.39. The molecule has 0 spiro atoms. The number of thioether (sulfide) groups is 1. The number of halogens is 2. The van der Waals surface area contributed by atoms with Gasteiger partial charge in [-0.3, -0.25) is 4.79 Å². The minimum atomic E-state index is -0.336. The Balaban J connectivity index is 1.53. The van der Waals surface area contributed by atoms with E-state index in [2.05, 4.69) is 10.3 Å². The second-order valence-electron chi connectivity index (χ2n) is 5.67. The molecule has 1 aliphatic rings. The number of nitrogens with zero attached hydrogens (tertiary/aromatic N) is 1. The van der Waals surface area contributed by atoms with Gasteiger partial charge in [-0.1, -0.05) is 11.6 Å². The van der Waals surface area contributed by atoms with E-state index in [1.165, 1.54) is 23.9 Å². The summed E-state index contributed by atoms with van der Waals surface area (Å²) in [6, 6.07) is 16.7. The predicted molar refractivity (Wildman–Crippen MR) is 106 cm³/mol. The Morgan fingerprint density at radius 3 is 2.52 bits per heavy atom. The topological polar surface area (TPSA) is 54.6 Å². The van der Waals surface area contributed by atoms with Crippen LogP contribution in [0.3, 0.4) is 0 Å². The highest BCUT2D eigenvalue weighted by Crippen LogP contribution is 2.30. The molecule has 1 saturated heterocycles. The van der Waals surface area contributed by atoms with Crippen molar-refractivity contribution in [1.29, 1.82) is 0 Å². The van der Waals surface area contributed by atoms with E-state index in [0.717, 1.165) is 5.56 Å². The van der Waals surface area contributed by atoms with E-state index in [-0.39, 0.29) is 11.7 Å². The molecule has 2 aromatic carbocycles. The third-order valence-corrected chi connectivity index (χ3v) is 4.90. The number of hydrogen-bond donors (Lipinski definition) is 1. The zero-order valence-electron chi connectivity index (χ0n) is 13.8. The number of carbonyl (C=O) groups is 1. The molecule has 7 heteroatoms. The van der Waals surface area contributed by atoms with Gasteiger partial charge in [0, 0.05) is 16.7 Å². The van der Waals surface area contributed by atoms with Gasteiger partial charge in [0.2, 0.25) is 0 Å². The van der Waals surface area contributed by atoms with Crippen molar-refractivity contribution in [1.82, 2.24) is 5.32 Å². The Morgan fingerprint density at radius 1 is 1.04 bits per heavy atom. The Labute approximate surface area is 163 Å². The first-order valence-corrected chi connectivity index (χ1v) is 9.17. The van der Waals surface area contributed by atoms with Gasteiger partial charge in [-0.05, 0) is 72.4 Å². The normalized spacial score (nSPS) is 16.9. The molecule has 0 atom stereocenters. The lowest BCUT2D eigenvalue weighted by molar-refractivity contribution is -0.115. The number of hydrogen-bond acceptors (Lipinski definition) is 4. The SMILES string of the molecule is O=C1NC(=Nc2ccc(F)cc2)S/C1=C/c1ccc(-c2ccc(Cl)cc2)o1. The van der Waals surface area contributed by atoms with Gasteiger partial charge in [0.1, 0.15) is 17.3 Å². The first kappa shape index (κ1) is 17.6. The quantitative estimate of drug-likeness (QED) is 0.581. The Hall–Kier alpha value is -2.83. The number of nitrogens with one attached hydrogen (secondary N) is 1. The zero-order valence-corrected chi connectivity index (χ0v) is 15.4. The monoisotopic (exact) mass is 398 g/mol. The van der Waals surface area contributed by atoms with Crippen molar-refractivity contribution >= 4 is 46.2 Å². The van der Waals surface area contributed by atoms with Crippen molar-refractivity contribution in [3.63, 3.8) is 0 Å². The van der Waals surface area contributed by atoms with Gasteiger partial charge in [0.25, 0.3) is 5.91 Å². The molecular weight excluding hydrogens is 387 g/mol. The number of furan rings is 1. The van der Waals surface area contributed by atoms with E-state index in [9.17, 15) is 9.18 Å². The fourth-order valence-electron chi connectivity index (χ4n) is 2.44. The molecule has 4 nitrogen and oxygen atoms in total. The van der Waals surface area contributed by atoms with Gasteiger partial charge < -0.3 is 9.73 Å². The summed E-state index contributed by atoms with van der Waals surface area (Å²) in [6.45, 7) is 0. The second kappa shape index (κ2) is 7.42. The molecule has 1 N–H and O–H groups in total. The van der Waals surface area contributed by atoms with Crippen molar-refractivity contribution in [2.75, 3.05) is 0 Å². The maximum atomic E-state index is 13.0. The average Bonchev–Trinajstić information content (AvgIpc) is 3.25. The number of amides is 1. The summed E-state index contributed by atoms with van der Waals surface area (Å²) in [5, 5.41) is 3.77. The molecule has 4 rings (SSSR count). The Morgan fingerprint density at radius 2 is 1.78 bits per heavy atom. The number of benzene rings is 2. The van der Waals surface area contributed by atoms with E-state index in [1.807, 2.05) is 18.2 Å². The lowest BCUT2D eigenvalue weighted by Gasteiger charge is -1.96. The first-order chi connectivity index (χ1) is 13.1. The maximum Gasteiger partial charge on any atom is 0.264 e. The average molecular weight is 399 g/mol. The van der Waals surface area contributed by atoms with Crippen LogP contribution in [0.2, 0.25) is 5.02 Å². The number of aliphatic imine (C=N–C) groups is 1. The summed E-state index contributed by atoms with van der Waals surface area (Å²) in [4.78, 5) is 16.9. The number of amidine groups is 1. The van der Waals surface area contributed by atoms with Crippen LogP contribution in [0.4, 0.5) is 10.1 Å². The summed E-state index contributed by atoms with van der Waals surface area (Å²) < 4.78 is 18.8. The van der Waals surface area contributed by atoms with Crippen LogP contribution in [0.15, 0.2) is 75.0 Å². The van der Waals surface area contributed by atoms with Gasteiger partial charge in [0.15, 0.2) is 5.17 Å². The summed E-state index contributed by atoms with van der Waals surface area (Å²) in [5.41, 5.74) is 1.45. The van der Waals surface area contributed by atoms with Crippen molar-refractivity contribution in [3.8, 4) is 11.3 Å². The molecule has 3 aromatic rings. The fraction of sp³-hybridized carbons (Fsp3) is 0. The largest absolute Gasteiger partial charge is 0.457 e. The lowest BCUT2D eigenvalue weighted by atomic mass is 10.2. The van der Waals surface area contributed by atoms with E-state index >= 15 is 0 Å². The molecule has 1 amide bonds. The van der Waals surface area contributed by atoms with Crippen molar-refractivity contribution < 1.29 is 13.6 Å². The number of carbonyl (C=O) groups excluding carboxylic acids is 1. The van der Waals surface area contributed by atoms with Crippen molar-refractivity contribution in [3.05, 3.63) is 82.2 Å². The highest BCUT2D eigenvalue weighted by molar-refractivity contribution is 8.18. The van der Waals surface area contributed by atoms with Gasteiger partial charge in [-0.25, -0.2) is 9.38 Å². The molecular formula is C20H12ClFN2O2S. The summed E-state index contributed by atoms with van der Waals surface area (Å²) >= 11 is 7.09. The van der Waals surface area contributed by atoms with Gasteiger partial charge >= 0.3 is 0 Å². The minimum Gasteiger partial charge on any atom is -0.457 e. The van der Waals surface area contributed by atoms with Crippen LogP contribution in [0, 0.1) is 5.82 Å². The van der Waals surface area contributed by atoms with Gasteiger partial charge in [-0.15, -0.1) is 0 Å². The van der Waals surface area contributed by atoms with E-state index in [4.69, 9.17) is 16.0 Å². The van der Waals surface area contributed by atoms with Crippen LogP contribution < -0.4 is 5.32 Å². The molecule has 134 valence electrons. The molecule has 27 heavy (non-hydrogen) atoms. The van der Waals surface area contributed by atoms with Crippen molar-refractivity contribution in [2.45, 2.75) is 0 Å². The van der Waals surface area contributed by atoms with Gasteiger partial charge in [-0.2, -0.15) is 0 Å². The Kier molecular flexibility index (Phi) is 4.83. The maximum absolute atomic E-state index is 13.0. The van der Waals surface area contributed by atoms with Crippen LogP contribution in [0.1, 0.15) is 5.76 Å². The van der Waals surface area contributed by atoms with Gasteiger partial charge in [0.05, 0.1) is 10.6 Å². The second-order valence-corrected chi connectivity index (χ2v) is 7.13. The third kappa shape index (κ3) is 4.13. The van der Waals surface area contributed by atoms with Crippen molar-refractivity contribution in [2.24, 2.45) is 4.99 Å². The lowest BCUT2D eigenvalue weighted by Crippen LogP contribution is -2.19. The molecule has 1 fully saturated rings. The molecule has 1 aliphatic heterocycles. The molecule has 0 bridgehead atoms. The molecule has 0 unspecified atom stereocenters. The standard InChI is InChI=1S/C20H12ClFN2O2S/c21-13-3-1-12(2-4-13)17-10-9-16(26-17)11-18-19(25)24-20(27-18)23-15-7-5-14(22)6-8-15/h1-11H,(H,23,24,25)/b18-11+. The van der Waals surface area contributed by atoms with Crippen LogP contribution >= 0.6 is 23.4 Å². The van der Waals surface area contributed by atoms with Crippen LogP contribution in [0.5, 0.6) is 0 Å². The Bertz CT molecular complexity index is 1060. The van der Waals surface area contributed by atoms with Crippen LogP contribution in [-0.4, -0.2) is 11.1 Å². The van der Waals surface area contributed by atoms with Crippen LogP contribution in [-0.2, 0) is 4.79 Å². The van der Waals surface area contributed by atoms with Crippen LogP contribution in [0.25, 0.3) is 17.4 Å². The summed E-state index contributed by atoms with van der Waals surface area (Å²) in [6.07, 6.45) is 1.66. The summed E-state index contributed by atoms with van der Waals surface area (Å²) in [7, 11) is 0. The van der Waals surface area contributed by atoms with E-state index in [1.54, 1.807) is 36.4 Å². The number of rotatable bonds is 3. The van der Waals surface area contributed by atoms with E-state index < -0.39 is 0 Å². The molecule has 1 aromatic heterocycles. The highest BCUT2D eigenvalue weighted by Gasteiger charge is 2.24. The highest BCUT2D eigenvalue weighted by atomic mass is 35.5. The molecule has 2 heterocycles. The third-order valence-electron chi connectivity index (χ3n) is 3.74. The molecule has 0 aliphatic carbocycles. The minimum absolute atomic E-state index is 0.259. The van der Waals surface area contributed by atoms with E-state index in [0.29, 0.717) is 32.3 Å². The predicted octanol–water partition coefficient (Wildman–Crippen LogP) is 5.63. The smallest absolute Gasteiger partial charge is 0.264 e.